The van der Waals surface area contributed by atoms with Gasteiger partial charge in [0.15, 0.2) is 0 Å². The highest BCUT2D eigenvalue weighted by Gasteiger charge is 2.82. The SMILES string of the molecule is CCC(C)CCCC(C)OC(F)(F)C(F)(OC(F)(F)C(F)(F)S(=O)(=O)F)C(F)(F)F. The van der Waals surface area contributed by atoms with Gasteiger partial charge in [0.1, 0.15) is 0 Å². The fourth-order valence-electron chi connectivity index (χ4n) is 2.01. The highest BCUT2D eigenvalue weighted by molar-refractivity contribution is 7.87. The summed E-state index contributed by atoms with van der Waals surface area (Å²) in [5.74, 6) is -6.87. The van der Waals surface area contributed by atoms with Gasteiger partial charge < -0.3 is 4.74 Å². The Morgan fingerprint density at radius 2 is 1.30 bits per heavy atom. The molecule has 0 heterocycles. The smallest absolute Gasteiger partial charge is 0.313 e. The fourth-order valence-corrected chi connectivity index (χ4v) is 2.33. The lowest BCUT2D eigenvalue weighted by atomic mass is 10.0. The molecule has 0 amide bonds. The Morgan fingerprint density at radius 3 is 1.67 bits per heavy atom. The molecule has 3 unspecified atom stereocenters. The van der Waals surface area contributed by atoms with Crippen LogP contribution >= 0.6 is 0 Å². The second-order valence-electron chi connectivity index (χ2n) is 6.56. The summed E-state index contributed by atoms with van der Waals surface area (Å²) in [7, 11) is -7.70. The molecule has 0 rings (SSSR count). The second-order valence-corrected chi connectivity index (χ2v) is 7.94. The van der Waals surface area contributed by atoms with Crippen molar-refractivity contribution in [2.75, 3.05) is 0 Å². The summed E-state index contributed by atoms with van der Waals surface area (Å²) in [5, 5.41) is -7.12. The van der Waals surface area contributed by atoms with Gasteiger partial charge in [0.05, 0.1) is 6.10 Å². The summed E-state index contributed by atoms with van der Waals surface area (Å²) in [6, 6.07) is 0. The van der Waals surface area contributed by atoms with Gasteiger partial charge in [0.25, 0.3) is 0 Å². The van der Waals surface area contributed by atoms with E-state index in [9.17, 15) is 56.2 Å². The third kappa shape index (κ3) is 6.31. The molecule has 0 saturated heterocycles. The zero-order valence-electron chi connectivity index (χ0n) is 15.7. The average molecular weight is 492 g/mol. The van der Waals surface area contributed by atoms with Gasteiger partial charge >= 0.3 is 39.7 Å². The van der Waals surface area contributed by atoms with Crippen LogP contribution in [0.3, 0.4) is 0 Å². The number of ether oxygens (including phenoxy) is 2. The maximum absolute atomic E-state index is 14.0. The van der Waals surface area contributed by atoms with Crippen LogP contribution in [0.1, 0.15) is 46.5 Å². The Kier molecular flexibility index (Phi) is 9.02. The molecule has 0 bridgehead atoms. The largest absolute Gasteiger partial charge is 0.464 e. The van der Waals surface area contributed by atoms with E-state index in [2.05, 4.69) is 4.74 Å². The Balaban J connectivity index is 5.80. The van der Waals surface area contributed by atoms with Gasteiger partial charge in [-0.05, 0) is 19.3 Å². The van der Waals surface area contributed by atoms with Crippen molar-refractivity contribution in [1.82, 2.24) is 0 Å². The molecule has 0 spiro atoms. The third-order valence-electron chi connectivity index (χ3n) is 4.01. The Labute approximate surface area is 164 Å². The predicted molar refractivity (Wildman–Crippen MR) is 79.7 cm³/mol. The topological polar surface area (TPSA) is 52.6 Å². The molecule has 30 heavy (non-hydrogen) atoms. The molecule has 182 valence electrons. The first kappa shape index (κ1) is 29.1. The fraction of sp³-hybridized carbons (Fsp3) is 1.00. The zero-order chi connectivity index (χ0) is 24.4. The molecule has 0 radical (unpaired) electrons. The van der Waals surface area contributed by atoms with E-state index < -0.39 is 52.3 Å². The van der Waals surface area contributed by atoms with Crippen molar-refractivity contribution in [3.63, 3.8) is 0 Å². The van der Waals surface area contributed by atoms with Crippen LogP contribution in [0, 0.1) is 5.92 Å². The van der Waals surface area contributed by atoms with Crippen LogP contribution < -0.4 is 0 Å². The van der Waals surface area contributed by atoms with Crippen molar-refractivity contribution < 1.29 is 65.7 Å². The van der Waals surface area contributed by atoms with Crippen molar-refractivity contribution in [1.29, 1.82) is 0 Å². The highest BCUT2D eigenvalue weighted by Crippen LogP contribution is 2.53. The molecule has 0 aromatic rings. The maximum atomic E-state index is 14.0. The van der Waals surface area contributed by atoms with Crippen LogP contribution in [0.15, 0.2) is 0 Å². The summed E-state index contributed by atoms with van der Waals surface area (Å²) < 4.78 is 170. The summed E-state index contributed by atoms with van der Waals surface area (Å²) in [5.41, 5.74) is 0. The van der Waals surface area contributed by atoms with Crippen LogP contribution in [0.4, 0.5) is 47.8 Å². The van der Waals surface area contributed by atoms with E-state index in [1.165, 1.54) is 0 Å². The first-order chi connectivity index (χ1) is 13.1. The Hall–Kier alpha value is -0.900. The minimum absolute atomic E-state index is 0.0834. The maximum Gasteiger partial charge on any atom is 0.464 e. The summed E-state index contributed by atoms with van der Waals surface area (Å²) in [4.78, 5) is 0. The first-order valence-corrected chi connectivity index (χ1v) is 9.65. The molecule has 4 nitrogen and oxygen atoms in total. The van der Waals surface area contributed by atoms with E-state index in [0.29, 0.717) is 12.8 Å². The van der Waals surface area contributed by atoms with Crippen molar-refractivity contribution in [2.45, 2.75) is 82.1 Å². The van der Waals surface area contributed by atoms with Crippen molar-refractivity contribution in [3.8, 4) is 0 Å². The molecular weight excluding hydrogens is 473 g/mol. The minimum Gasteiger partial charge on any atom is -0.313 e. The number of hydrogen-bond donors (Lipinski definition) is 0. The summed E-state index contributed by atoms with van der Waals surface area (Å²) in [6.07, 6.45) is -21.8. The molecule has 0 fully saturated rings. The molecule has 16 heteroatoms. The van der Waals surface area contributed by atoms with Gasteiger partial charge in [-0.25, -0.2) is 0 Å². The van der Waals surface area contributed by atoms with Crippen LogP contribution in [-0.2, 0) is 19.7 Å². The molecule has 0 aliphatic heterocycles. The molecule has 0 saturated carbocycles. The van der Waals surface area contributed by atoms with E-state index in [-0.39, 0.29) is 12.3 Å². The molecule has 0 aliphatic rings. The number of rotatable bonds is 12. The van der Waals surface area contributed by atoms with Gasteiger partial charge in [0, 0.05) is 0 Å². The Morgan fingerprint density at radius 1 is 0.833 bits per heavy atom. The predicted octanol–water partition coefficient (Wildman–Crippen LogP) is 5.93. The van der Waals surface area contributed by atoms with Crippen molar-refractivity contribution in [3.05, 3.63) is 0 Å². The van der Waals surface area contributed by atoms with Gasteiger partial charge in [-0.2, -0.15) is 52.3 Å². The third-order valence-corrected chi connectivity index (χ3v) is 4.86. The molecule has 0 aromatic heterocycles. The van der Waals surface area contributed by atoms with E-state index in [0.717, 1.165) is 6.92 Å². The van der Waals surface area contributed by atoms with E-state index >= 15 is 0 Å². The number of halogens is 11. The lowest BCUT2D eigenvalue weighted by Gasteiger charge is -2.37. The second kappa shape index (κ2) is 9.30. The molecule has 0 aliphatic carbocycles. The Bertz CT molecular complexity index is 665. The van der Waals surface area contributed by atoms with Crippen LogP contribution in [-0.4, -0.2) is 44.0 Å². The molecule has 3 atom stereocenters. The van der Waals surface area contributed by atoms with E-state index in [4.69, 9.17) is 0 Å². The molecular formula is C14H19F11O4S. The lowest BCUT2D eigenvalue weighted by molar-refractivity contribution is -0.516. The minimum atomic E-state index is -7.70. The molecule has 0 N–H and O–H groups in total. The van der Waals surface area contributed by atoms with Gasteiger partial charge in [0.2, 0.25) is 0 Å². The van der Waals surface area contributed by atoms with Crippen LogP contribution in [0.25, 0.3) is 0 Å². The standard InChI is InChI=1S/C14H19F11O4S/c1-4-8(2)6-5-7-9(3)28-12(19,20)10(15,11(16,17)18)29-13(21,22)14(23,24)30(25,26)27/h8-9H,4-7H2,1-3H3. The first-order valence-electron chi connectivity index (χ1n) is 8.27. The quantitative estimate of drug-likeness (QED) is 0.250. The van der Waals surface area contributed by atoms with Crippen molar-refractivity contribution in [2.24, 2.45) is 5.92 Å². The number of hydrogen-bond acceptors (Lipinski definition) is 4. The number of alkyl halides is 10. The van der Waals surface area contributed by atoms with Gasteiger partial charge in [-0.3, -0.25) is 4.74 Å². The van der Waals surface area contributed by atoms with Gasteiger partial charge in [-0.1, -0.05) is 37.0 Å². The van der Waals surface area contributed by atoms with Crippen molar-refractivity contribution >= 4 is 10.2 Å². The molecule has 0 aromatic carbocycles. The van der Waals surface area contributed by atoms with E-state index in [1.807, 2.05) is 4.74 Å². The van der Waals surface area contributed by atoms with Crippen LogP contribution in [0.5, 0.6) is 0 Å². The monoisotopic (exact) mass is 492 g/mol. The zero-order valence-corrected chi connectivity index (χ0v) is 16.5. The van der Waals surface area contributed by atoms with E-state index in [1.54, 1.807) is 13.8 Å². The summed E-state index contributed by atoms with van der Waals surface area (Å²) in [6.45, 7) is 4.26. The summed E-state index contributed by atoms with van der Waals surface area (Å²) >= 11 is 0. The average Bonchev–Trinajstić information content (AvgIpc) is 2.51. The van der Waals surface area contributed by atoms with Gasteiger partial charge in [-0.15, -0.1) is 0 Å². The lowest BCUT2D eigenvalue weighted by Crippen LogP contribution is -2.64. The van der Waals surface area contributed by atoms with Crippen LogP contribution in [0.2, 0.25) is 0 Å². The highest BCUT2D eigenvalue weighted by atomic mass is 32.3. The normalized spacial score (nSPS) is 18.7.